The number of nitrogens with zero attached hydrogens (tertiary/aromatic N) is 1. The van der Waals surface area contributed by atoms with Crippen LogP contribution in [0.1, 0.15) is 12.5 Å². The Kier molecular flexibility index (Phi) is 5.94. The summed E-state index contributed by atoms with van der Waals surface area (Å²) in [6.07, 6.45) is 3.94. The first-order valence-corrected chi connectivity index (χ1v) is 5.90. The topological polar surface area (TPSA) is 49.8 Å². The Morgan fingerprint density at radius 2 is 2.06 bits per heavy atom. The first-order valence-electron chi connectivity index (χ1n) is 5.90. The summed E-state index contributed by atoms with van der Waals surface area (Å²) in [5, 5.41) is 8.71. The zero-order valence-corrected chi connectivity index (χ0v) is 10.8. The lowest BCUT2D eigenvalue weighted by atomic mass is 10.2. The molecule has 0 radical (unpaired) electrons. The molecule has 0 aliphatic heterocycles. The van der Waals surface area contributed by atoms with E-state index in [-0.39, 0.29) is 6.54 Å². The highest BCUT2D eigenvalue weighted by Crippen LogP contribution is 2.12. The second-order valence-electron chi connectivity index (χ2n) is 3.90. The lowest BCUT2D eigenvalue weighted by Gasteiger charge is -2.14. The number of rotatable bonds is 7. The third kappa shape index (κ3) is 5.01. The van der Waals surface area contributed by atoms with Gasteiger partial charge in [0.25, 0.3) is 0 Å². The van der Waals surface area contributed by atoms with Gasteiger partial charge < -0.3 is 9.84 Å². The molecule has 0 aromatic heterocycles. The number of ether oxygens (including phenoxy) is 1. The van der Waals surface area contributed by atoms with E-state index in [0.29, 0.717) is 6.54 Å². The number of carboxylic acid groups (broad SMARTS) is 1. The van der Waals surface area contributed by atoms with Crippen molar-refractivity contribution in [3.8, 4) is 5.75 Å². The minimum atomic E-state index is -0.797. The molecule has 18 heavy (non-hydrogen) atoms. The summed E-state index contributed by atoms with van der Waals surface area (Å²) in [4.78, 5) is 12.4. The van der Waals surface area contributed by atoms with E-state index in [2.05, 4.69) is 0 Å². The van der Waals surface area contributed by atoms with Gasteiger partial charge in [-0.1, -0.05) is 31.2 Å². The molecule has 0 unspecified atom stereocenters. The maximum absolute atomic E-state index is 10.6. The molecule has 0 spiro atoms. The summed E-state index contributed by atoms with van der Waals surface area (Å²) in [5.74, 6) is 0.0305. The molecule has 0 amide bonds. The lowest BCUT2D eigenvalue weighted by molar-refractivity contribution is -0.138. The van der Waals surface area contributed by atoms with E-state index in [1.54, 1.807) is 7.11 Å². The van der Waals surface area contributed by atoms with Crippen LogP contribution in [-0.2, 0) is 4.79 Å². The summed E-state index contributed by atoms with van der Waals surface area (Å²) < 4.78 is 5.08. The Morgan fingerprint density at radius 3 is 2.56 bits per heavy atom. The fourth-order valence-corrected chi connectivity index (χ4v) is 1.55. The van der Waals surface area contributed by atoms with Gasteiger partial charge in [0, 0.05) is 6.54 Å². The van der Waals surface area contributed by atoms with E-state index in [1.807, 2.05) is 48.2 Å². The second kappa shape index (κ2) is 7.50. The number of carboxylic acids is 1. The van der Waals surface area contributed by atoms with Crippen molar-refractivity contribution >= 4 is 12.0 Å². The average molecular weight is 249 g/mol. The third-order valence-corrected chi connectivity index (χ3v) is 2.60. The smallest absolute Gasteiger partial charge is 0.317 e. The van der Waals surface area contributed by atoms with Crippen LogP contribution in [-0.4, -0.2) is 42.7 Å². The quantitative estimate of drug-likeness (QED) is 0.804. The molecule has 1 aromatic carbocycles. The molecule has 0 bridgehead atoms. The van der Waals surface area contributed by atoms with Gasteiger partial charge in [0.1, 0.15) is 5.75 Å². The first kappa shape index (κ1) is 14.3. The zero-order chi connectivity index (χ0) is 13.4. The number of likely N-dealkylation sites (N-methyl/N-ethyl adjacent to an activating group) is 1. The van der Waals surface area contributed by atoms with Gasteiger partial charge in [0.15, 0.2) is 0 Å². The number of benzene rings is 1. The Hall–Kier alpha value is -1.81. The Morgan fingerprint density at radius 1 is 1.39 bits per heavy atom. The molecule has 1 aromatic rings. The van der Waals surface area contributed by atoms with E-state index in [4.69, 9.17) is 9.84 Å². The normalized spacial score (nSPS) is 11.1. The van der Waals surface area contributed by atoms with E-state index < -0.39 is 5.97 Å². The van der Waals surface area contributed by atoms with Crippen molar-refractivity contribution in [3.05, 3.63) is 35.9 Å². The summed E-state index contributed by atoms with van der Waals surface area (Å²) in [5.41, 5.74) is 1.07. The molecule has 98 valence electrons. The molecule has 0 heterocycles. The minimum absolute atomic E-state index is 0.0729. The maximum Gasteiger partial charge on any atom is 0.317 e. The highest BCUT2D eigenvalue weighted by molar-refractivity contribution is 5.69. The number of hydrogen-bond donors (Lipinski definition) is 1. The predicted molar refractivity (Wildman–Crippen MR) is 71.8 cm³/mol. The molecule has 1 rings (SSSR count). The van der Waals surface area contributed by atoms with Gasteiger partial charge in [0.05, 0.1) is 13.7 Å². The zero-order valence-electron chi connectivity index (χ0n) is 10.8. The van der Waals surface area contributed by atoms with Crippen LogP contribution in [0.2, 0.25) is 0 Å². The molecular formula is C14H19NO3. The fraction of sp³-hybridized carbons (Fsp3) is 0.357. The third-order valence-electron chi connectivity index (χ3n) is 2.60. The largest absolute Gasteiger partial charge is 0.497 e. The Labute approximate surface area is 107 Å². The molecular weight excluding hydrogens is 230 g/mol. The molecule has 0 saturated heterocycles. The van der Waals surface area contributed by atoms with Crippen LogP contribution in [0, 0.1) is 0 Å². The van der Waals surface area contributed by atoms with Crippen LogP contribution >= 0.6 is 0 Å². The Bertz CT molecular complexity index is 398. The second-order valence-corrected chi connectivity index (χ2v) is 3.90. The van der Waals surface area contributed by atoms with E-state index in [1.165, 1.54) is 0 Å². The molecule has 0 aliphatic carbocycles. The Balaban J connectivity index is 2.49. The van der Waals surface area contributed by atoms with Crippen LogP contribution in [0.4, 0.5) is 0 Å². The van der Waals surface area contributed by atoms with Gasteiger partial charge >= 0.3 is 5.97 Å². The first-order chi connectivity index (χ1) is 8.65. The molecule has 4 nitrogen and oxygen atoms in total. The molecule has 0 fully saturated rings. The van der Waals surface area contributed by atoms with Crippen molar-refractivity contribution in [2.24, 2.45) is 0 Å². The molecule has 0 atom stereocenters. The molecule has 0 aliphatic rings. The fourth-order valence-electron chi connectivity index (χ4n) is 1.55. The van der Waals surface area contributed by atoms with Crippen molar-refractivity contribution in [2.75, 3.05) is 26.7 Å². The van der Waals surface area contributed by atoms with E-state index in [0.717, 1.165) is 17.9 Å². The van der Waals surface area contributed by atoms with Crippen molar-refractivity contribution < 1.29 is 14.6 Å². The molecule has 0 saturated carbocycles. The van der Waals surface area contributed by atoms with Crippen LogP contribution in [0.5, 0.6) is 5.75 Å². The van der Waals surface area contributed by atoms with Crippen LogP contribution < -0.4 is 4.74 Å². The molecule has 4 heteroatoms. The summed E-state index contributed by atoms with van der Waals surface area (Å²) in [6.45, 7) is 3.38. The SMILES string of the molecule is CCN(CC=Cc1ccc(OC)cc1)CC(=O)O. The van der Waals surface area contributed by atoms with Crippen molar-refractivity contribution in [1.82, 2.24) is 4.90 Å². The van der Waals surface area contributed by atoms with Gasteiger partial charge in [-0.25, -0.2) is 0 Å². The van der Waals surface area contributed by atoms with Crippen molar-refractivity contribution in [3.63, 3.8) is 0 Å². The van der Waals surface area contributed by atoms with E-state index >= 15 is 0 Å². The van der Waals surface area contributed by atoms with Crippen molar-refractivity contribution in [1.29, 1.82) is 0 Å². The van der Waals surface area contributed by atoms with Gasteiger partial charge in [-0.15, -0.1) is 0 Å². The van der Waals surface area contributed by atoms with Gasteiger partial charge in [-0.3, -0.25) is 9.69 Å². The highest BCUT2D eigenvalue weighted by Gasteiger charge is 2.04. The standard InChI is InChI=1S/C14H19NO3/c1-3-15(11-14(16)17)10-4-5-12-6-8-13(18-2)9-7-12/h4-9H,3,10-11H2,1-2H3,(H,16,17). The van der Waals surface area contributed by atoms with Gasteiger partial charge in [0.2, 0.25) is 0 Å². The number of hydrogen-bond acceptors (Lipinski definition) is 3. The van der Waals surface area contributed by atoms with Gasteiger partial charge in [-0.2, -0.15) is 0 Å². The summed E-state index contributed by atoms with van der Waals surface area (Å²) in [6, 6.07) is 7.72. The minimum Gasteiger partial charge on any atom is -0.497 e. The van der Waals surface area contributed by atoms with E-state index in [9.17, 15) is 4.79 Å². The predicted octanol–water partition coefficient (Wildman–Crippen LogP) is 2.11. The maximum atomic E-state index is 10.6. The number of methoxy groups -OCH3 is 1. The summed E-state index contributed by atoms with van der Waals surface area (Å²) >= 11 is 0. The number of carbonyl (C=O) groups is 1. The monoisotopic (exact) mass is 249 g/mol. The lowest BCUT2D eigenvalue weighted by Crippen LogP contribution is -2.29. The average Bonchev–Trinajstić information content (AvgIpc) is 2.38. The van der Waals surface area contributed by atoms with Gasteiger partial charge in [-0.05, 0) is 24.2 Å². The summed E-state index contributed by atoms with van der Waals surface area (Å²) in [7, 11) is 1.63. The van der Waals surface area contributed by atoms with Crippen molar-refractivity contribution in [2.45, 2.75) is 6.92 Å². The van der Waals surface area contributed by atoms with Crippen LogP contribution in [0.25, 0.3) is 6.08 Å². The highest BCUT2D eigenvalue weighted by atomic mass is 16.5. The molecule has 1 N–H and O–H groups in total. The van der Waals surface area contributed by atoms with Crippen LogP contribution in [0.3, 0.4) is 0 Å². The van der Waals surface area contributed by atoms with Crippen LogP contribution in [0.15, 0.2) is 30.3 Å². The number of aliphatic carboxylic acids is 1.